The van der Waals surface area contributed by atoms with Crippen LogP contribution in [0, 0.1) is 0 Å². The van der Waals surface area contributed by atoms with Crippen molar-refractivity contribution in [3.8, 4) is 16.9 Å². The van der Waals surface area contributed by atoms with E-state index >= 15 is 0 Å². The summed E-state index contributed by atoms with van der Waals surface area (Å²) < 4.78 is 7.70. The number of alkyl carbamates (subject to hydrolysis) is 1. The molecule has 42 heavy (non-hydrogen) atoms. The molecular weight excluding hydrogens is 522 g/mol. The number of hydrogen-bond acceptors (Lipinski definition) is 5. The molecule has 7 heteroatoms. The summed E-state index contributed by atoms with van der Waals surface area (Å²) in [4.78, 5) is 22.3. The number of anilines is 1. The number of nitrogens with zero attached hydrogens (tertiary/aromatic N) is 3. The van der Waals surface area contributed by atoms with Crippen LogP contribution >= 0.6 is 0 Å². The molecule has 212 valence electrons. The van der Waals surface area contributed by atoms with E-state index in [-0.39, 0.29) is 12.6 Å². The molecule has 1 saturated carbocycles. The Balaban J connectivity index is 1.21. The van der Waals surface area contributed by atoms with E-state index in [2.05, 4.69) is 76.3 Å². The Kier molecular flexibility index (Phi) is 7.73. The first kappa shape index (κ1) is 27.3. The average Bonchev–Trinajstić information content (AvgIpc) is 3.40. The third kappa shape index (κ3) is 5.91. The highest BCUT2D eigenvalue weighted by Crippen LogP contribution is 2.35. The number of benzene rings is 3. The molecule has 0 spiro atoms. The Morgan fingerprint density at radius 3 is 2.60 bits per heavy atom. The predicted molar refractivity (Wildman–Crippen MR) is 168 cm³/mol. The van der Waals surface area contributed by atoms with Crippen molar-refractivity contribution >= 4 is 29.0 Å². The van der Waals surface area contributed by atoms with Crippen LogP contribution in [0.4, 0.5) is 10.7 Å². The van der Waals surface area contributed by atoms with Crippen LogP contribution in [0.15, 0.2) is 104 Å². The molecule has 6 rings (SSSR count). The average molecular weight is 558 g/mol. The van der Waals surface area contributed by atoms with Crippen LogP contribution in [-0.4, -0.2) is 32.2 Å². The standard InChI is InChI=1S/C35H35N5O2/c1-3-26-22-36-33(37-27-15-12-20-35(2,21-27)39-34(41)42-24-25-13-6-4-7-14-25)38-32(26)30-23-40(28-16-8-5-9-17-28)31-19-11-10-18-29(30)31/h3-11,13-14,16-19,22-23,27H,1,12,15,20-21,24H2,2H3,(H,39,41)(H,36,37,38)/t27-,35+/m1/s1. The van der Waals surface area contributed by atoms with Gasteiger partial charge in [0.05, 0.1) is 11.2 Å². The van der Waals surface area contributed by atoms with Gasteiger partial charge in [-0.1, -0.05) is 79.4 Å². The Hall–Kier alpha value is -4.91. The van der Waals surface area contributed by atoms with E-state index in [0.29, 0.717) is 5.95 Å². The maximum absolute atomic E-state index is 12.6. The number of fused-ring (bicyclic) bond motifs is 1. The molecule has 5 aromatic rings. The second-order valence-corrected chi connectivity index (χ2v) is 11.2. The zero-order chi connectivity index (χ0) is 28.9. The topological polar surface area (TPSA) is 81.1 Å². The van der Waals surface area contributed by atoms with Gasteiger partial charge in [0.2, 0.25) is 5.95 Å². The minimum Gasteiger partial charge on any atom is -0.445 e. The summed E-state index contributed by atoms with van der Waals surface area (Å²) in [5, 5.41) is 7.79. The van der Waals surface area contributed by atoms with Crippen LogP contribution in [0.1, 0.15) is 43.7 Å². The monoisotopic (exact) mass is 557 g/mol. The fourth-order valence-electron chi connectivity index (χ4n) is 5.91. The lowest BCUT2D eigenvalue weighted by molar-refractivity contribution is 0.120. The molecule has 0 radical (unpaired) electrons. The van der Waals surface area contributed by atoms with E-state index in [1.807, 2.05) is 54.7 Å². The van der Waals surface area contributed by atoms with Gasteiger partial charge in [-0.15, -0.1) is 0 Å². The van der Waals surface area contributed by atoms with Gasteiger partial charge in [-0.3, -0.25) is 0 Å². The second-order valence-electron chi connectivity index (χ2n) is 11.2. The Morgan fingerprint density at radius 1 is 1.07 bits per heavy atom. The van der Waals surface area contributed by atoms with Crippen molar-refractivity contribution in [3.63, 3.8) is 0 Å². The van der Waals surface area contributed by atoms with Crippen LogP contribution in [0.3, 0.4) is 0 Å². The molecule has 0 saturated heterocycles. The minimum absolute atomic E-state index is 0.103. The van der Waals surface area contributed by atoms with Crippen molar-refractivity contribution in [3.05, 3.63) is 115 Å². The quantitative estimate of drug-likeness (QED) is 0.204. The normalized spacial score (nSPS) is 18.4. The van der Waals surface area contributed by atoms with Crippen LogP contribution < -0.4 is 10.6 Å². The summed E-state index contributed by atoms with van der Waals surface area (Å²) in [6, 6.07) is 28.5. The zero-order valence-electron chi connectivity index (χ0n) is 23.8. The molecule has 0 aliphatic heterocycles. The molecule has 3 aromatic carbocycles. The van der Waals surface area contributed by atoms with E-state index < -0.39 is 11.6 Å². The largest absolute Gasteiger partial charge is 0.445 e. The van der Waals surface area contributed by atoms with Gasteiger partial charge in [-0.2, -0.15) is 0 Å². The summed E-state index contributed by atoms with van der Waals surface area (Å²) in [5.41, 5.74) is 5.48. The first-order valence-corrected chi connectivity index (χ1v) is 14.4. The number of aromatic nitrogens is 3. The number of para-hydroxylation sites is 2. The number of nitrogens with one attached hydrogen (secondary N) is 2. The number of hydrogen-bond donors (Lipinski definition) is 2. The van der Waals surface area contributed by atoms with E-state index in [1.54, 1.807) is 6.08 Å². The lowest BCUT2D eigenvalue weighted by atomic mass is 9.80. The van der Waals surface area contributed by atoms with E-state index in [0.717, 1.165) is 64.7 Å². The van der Waals surface area contributed by atoms with Gasteiger partial charge in [0.25, 0.3) is 0 Å². The van der Waals surface area contributed by atoms with E-state index in [1.165, 1.54) is 0 Å². The Bertz CT molecular complexity index is 1700. The highest BCUT2D eigenvalue weighted by molar-refractivity contribution is 5.98. The first-order chi connectivity index (χ1) is 20.5. The molecule has 0 unspecified atom stereocenters. The molecular formula is C35H35N5O2. The number of carbonyl (C=O) groups excluding carboxylic acids is 1. The molecule has 2 heterocycles. The van der Waals surface area contributed by atoms with Gasteiger partial charge in [0, 0.05) is 46.2 Å². The highest BCUT2D eigenvalue weighted by Gasteiger charge is 2.34. The summed E-state index contributed by atoms with van der Waals surface area (Å²) in [5.74, 6) is 0.563. The third-order valence-corrected chi connectivity index (χ3v) is 7.97. The fourth-order valence-corrected chi connectivity index (χ4v) is 5.91. The van der Waals surface area contributed by atoms with Crippen molar-refractivity contribution in [2.45, 2.75) is 50.8 Å². The number of rotatable bonds is 8. The molecule has 1 aliphatic rings. The maximum Gasteiger partial charge on any atom is 0.407 e. The molecule has 2 aromatic heterocycles. The second kappa shape index (κ2) is 11.9. The SMILES string of the molecule is C=Cc1cnc(N[C@@H]2CCC[C@](C)(NC(=O)OCc3ccccc3)C2)nc1-c1cn(-c2ccccc2)c2ccccc12. The van der Waals surface area contributed by atoms with Gasteiger partial charge in [-0.25, -0.2) is 14.8 Å². The van der Waals surface area contributed by atoms with Gasteiger partial charge >= 0.3 is 6.09 Å². The van der Waals surface area contributed by atoms with Gasteiger partial charge < -0.3 is 19.9 Å². The van der Waals surface area contributed by atoms with Gasteiger partial charge in [-0.05, 0) is 56.4 Å². The zero-order valence-corrected chi connectivity index (χ0v) is 23.8. The molecule has 0 bridgehead atoms. The van der Waals surface area contributed by atoms with Crippen molar-refractivity contribution in [1.82, 2.24) is 19.9 Å². The predicted octanol–water partition coefficient (Wildman–Crippen LogP) is 7.77. The van der Waals surface area contributed by atoms with E-state index in [9.17, 15) is 4.79 Å². The summed E-state index contributed by atoms with van der Waals surface area (Å²) in [6.07, 6.45) is 8.92. The first-order valence-electron chi connectivity index (χ1n) is 14.4. The molecule has 7 nitrogen and oxygen atoms in total. The lowest BCUT2D eigenvalue weighted by Gasteiger charge is -2.38. The maximum atomic E-state index is 12.6. The summed E-state index contributed by atoms with van der Waals surface area (Å²) >= 11 is 0. The highest BCUT2D eigenvalue weighted by atomic mass is 16.5. The van der Waals surface area contributed by atoms with Crippen LogP contribution in [-0.2, 0) is 11.3 Å². The summed E-state index contributed by atoms with van der Waals surface area (Å²) in [6.45, 7) is 6.36. The van der Waals surface area contributed by atoms with Crippen molar-refractivity contribution in [1.29, 1.82) is 0 Å². The van der Waals surface area contributed by atoms with Gasteiger partial charge in [0.15, 0.2) is 0 Å². The molecule has 1 fully saturated rings. The van der Waals surface area contributed by atoms with Crippen LogP contribution in [0.2, 0.25) is 0 Å². The Morgan fingerprint density at radius 2 is 1.81 bits per heavy atom. The minimum atomic E-state index is -0.398. The smallest absolute Gasteiger partial charge is 0.407 e. The van der Waals surface area contributed by atoms with Crippen LogP contribution in [0.5, 0.6) is 0 Å². The molecule has 2 atom stereocenters. The van der Waals surface area contributed by atoms with Crippen LogP contribution in [0.25, 0.3) is 33.9 Å². The van der Waals surface area contributed by atoms with Gasteiger partial charge in [0.1, 0.15) is 6.61 Å². The van der Waals surface area contributed by atoms with E-state index in [4.69, 9.17) is 9.72 Å². The fraction of sp³-hybridized carbons (Fsp3) is 0.229. The van der Waals surface area contributed by atoms with Crippen molar-refractivity contribution < 1.29 is 9.53 Å². The number of amides is 1. The molecule has 2 N–H and O–H groups in total. The Labute approximate surface area is 246 Å². The number of ether oxygens (including phenoxy) is 1. The number of carbonyl (C=O) groups is 1. The van der Waals surface area contributed by atoms with Crippen molar-refractivity contribution in [2.24, 2.45) is 0 Å². The lowest BCUT2D eigenvalue weighted by Crippen LogP contribution is -2.51. The summed E-state index contributed by atoms with van der Waals surface area (Å²) in [7, 11) is 0. The molecule has 1 aliphatic carbocycles. The third-order valence-electron chi connectivity index (χ3n) is 7.97. The van der Waals surface area contributed by atoms with Crippen molar-refractivity contribution in [2.75, 3.05) is 5.32 Å². The molecule has 1 amide bonds.